The summed E-state index contributed by atoms with van der Waals surface area (Å²) in [5.41, 5.74) is 2.80. The van der Waals surface area contributed by atoms with E-state index in [4.69, 9.17) is 4.74 Å². The number of rotatable bonds is 6. The SMILES string of the molecule is CC1CN(c2ccccc2CNCC2CCN(C3CC3)C2)CC(C)O1. The Labute approximate surface area is 152 Å². The first-order valence-electron chi connectivity index (χ1n) is 10.1. The summed E-state index contributed by atoms with van der Waals surface area (Å²) in [7, 11) is 0. The van der Waals surface area contributed by atoms with Crippen molar-refractivity contribution < 1.29 is 4.74 Å². The third-order valence-electron chi connectivity index (χ3n) is 5.88. The van der Waals surface area contributed by atoms with Crippen LogP contribution in [0.25, 0.3) is 0 Å². The standard InChI is InChI=1S/C21H33N3O/c1-16-13-24(14-17(2)25-16)21-6-4-3-5-19(21)12-22-11-18-9-10-23(15-18)20-7-8-20/h3-6,16-18,20,22H,7-15H2,1-2H3. The molecule has 2 aliphatic heterocycles. The Morgan fingerprint density at radius 1 is 1.04 bits per heavy atom. The highest BCUT2D eigenvalue weighted by Gasteiger charge is 2.34. The summed E-state index contributed by atoms with van der Waals surface area (Å²) in [6.07, 6.45) is 4.84. The molecule has 0 radical (unpaired) electrons. The van der Waals surface area contributed by atoms with Gasteiger partial charge >= 0.3 is 0 Å². The minimum Gasteiger partial charge on any atom is -0.372 e. The highest BCUT2D eigenvalue weighted by Crippen LogP contribution is 2.31. The van der Waals surface area contributed by atoms with E-state index < -0.39 is 0 Å². The second-order valence-electron chi connectivity index (χ2n) is 8.30. The molecule has 3 atom stereocenters. The van der Waals surface area contributed by atoms with Crippen molar-refractivity contribution in [2.45, 2.75) is 57.9 Å². The molecular formula is C21H33N3O. The maximum Gasteiger partial charge on any atom is 0.0726 e. The summed E-state index contributed by atoms with van der Waals surface area (Å²) in [6, 6.07) is 9.80. The van der Waals surface area contributed by atoms with E-state index in [1.165, 1.54) is 43.6 Å². The predicted octanol–water partition coefficient (Wildman–Crippen LogP) is 2.87. The smallest absolute Gasteiger partial charge is 0.0726 e. The molecule has 1 saturated carbocycles. The lowest BCUT2D eigenvalue weighted by atomic mass is 10.1. The molecule has 1 aromatic rings. The molecule has 138 valence electrons. The van der Waals surface area contributed by atoms with E-state index in [9.17, 15) is 0 Å². The van der Waals surface area contributed by atoms with E-state index >= 15 is 0 Å². The lowest BCUT2D eigenvalue weighted by molar-refractivity contribution is -0.00526. The maximum absolute atomic E-state index is 5.90. The van der Waals surface area contributed by atoms with Gasteiger partial charge in [0.25, 0.3) is 0 Å². The monoisotopic (exact) mass is 343 g/mol. The summed E-state index contributed by atoms with van der Waals surface area (Å²) in [5, 5.41) is 3.74. The van der Waals surface area contributed by atoms with Crippen LogP contribution in [-0.2, 0) is 11.3 Å². The van der Waals surface area contributed by atoms with Crippen LogP contribution in [0.3, 0.4) is 0 Å². The molecule has 4 heteroatoms. The summed E-state index contributed by atoms with van der Waals surface area (Å²) < 4.78 is 5.90. The molecule has 3 unspecified atom stereocenters. The molecule has 0 bridgehead atoms. The summed E-state index contributed by atoms with van der Waals surface area (Å²) in [5.74, 6) is 0.830. The van der Waals surface area contributed by atoms with Crippen LogP contribution >= 0.6 is 0 Å². The summed E-state index contributed by atoms with van der Waals surface area (Å²) >= 11 is 0. The number of anilines is 1. The molecule has 1 aliphatic carbocycles. The zero-order chi connectivity index (χ0) is 17.2. The Kier molecular flexibility index (Phi) is 5.30. The Hall–Kier alpha value is -1.10. The Morgan fingerprint density at radius 3 is 2.56 bits per heavy atom. The van der Waals surface area contributed by atoms with Gasteiger partial charge in [0.1, 0.15) is 0 Å². The number of ether oxygens (including phenoxy) is 1. The number of morpholine rings is 1. The number of hydrogen-bond donors (Lipinski definition) is 1. The van der Waals surface area contributed by atoms with Crippen molar-refractivity contribution in [2.75, 3.05) is 37.6 Å². The predicted molar refractivity (Wildman–Crippen MR) is 103 cm³/mol. The van der Waals surface area contributed by atoms with Crippen LogP contribution in [0.1, 0.15) is 38.7 Å². The van der Waals surface area contributed by atoms with E-state index in [-0.39, 0.29) is 0 Å². The van der Waals surface area contributed by atoms with Gasteiger partial charge in [0.2, 0.25) is 0 Å². The van der Waals surface area contributed by atoms with Crippen LogP contribution in [0, 0.1) is 5.92 Å². The number of benzene rings is 1. The van der Waals surface area contributed by atoms with Crippen molar-refractivity contribution in [1.82, 2.24) is 10.2 Å². The van der Waals surface area contributed by atoms with Gasteiger partial charge in [-0.2, -0.15) is 0 Å². The first kappa shape index (κ1) is 17.3. The maximum atomic E-state index is 5.90. The number of likely N-dealkylation sites (tertiary alicyclic amines) is 1. The van der Waals surface area contributed by atoms with E-state index in [1.54, 1.807) is 0 Å². The van der Waals surface area contributed by atoms with Crippen molar-refractivity contribution in [1.29, 1.82) is 0 Å². The molecule has 4 rings (SSSR count). The molecule has 3 aliphatic rings. The van der Waals surface area contributed by atoms with Crippen molar-refractivity contribution in [2.24, 2.45) is 5.92 Å². The van der Waals surface area contributed by atoms with Crippen LogP contribution in [0.4, 0.5) is 5.69 Å². The van der Waals surface area contributed by atoms with Crippen molar-refractivity contribution in [3.8, 4) is 0 Å². The van der Waals surface area contributed by atoms with Gasteiger partial charge in [-0.25, -0.2) is 0 Å². The molecular weight excluding hydrogens is 310 g/mol. The van der Waals surface area contributed by atoms with E-state index in [2.05, 4.69) is 53.2 Å². The number of nitrogens with one attached hydrogen (secondary N) is 1. The van der Waals surface area contributed by atoms with Crippen LogP contribution in [0.5, 0.6) is 0 Å². The molecule has 2 saturated heterocycles. The largest absolute Gasteiger partial charge is 0.372 e. The molecule has 2 heterocycles. The first-order chi connectivity index (χ1) is 12.2. The van der Waals surface area contributed by atoms with Gasteiger partial charge in [-0.15, -0.1) is 0 Å². The molecule has 4 nitrogen and oxygen atoms in total. The summed E-state index contributed by atoms with van der Waals surface area (Å²) in [4.78, 5) is 5.21. The highest BCUT2D eigenvalue weighted by atomic mass is 16.5. The highest BCUT2D eigenvalue weighted by molar-refractivity contribution is 5.54. The van der Waals surface area contributed by atoms with Gasteiger partial charge in [0, 0.05) is 37.9 Å². The summed E-state index contributed by atoms with van der Waals surface area (Å²) in [6.45, 7) is 11.1. The topological polar surface area (TPSA) is 27.7 Å². The Balaban J connectivity index is 1.31. The van der Waals surface area contributed by atoms with Gasteiger partial charge in [0.05, 0.1) is 12.2 Å². The van der Waals surface area contributed by atoms with Crippen LogP contribution in [-0.4, -0.2) is 55.9 Å². The lowest BCUT2D eigenvalue weighted by Crippen LogP contribution is -2.46. The number of para-hydroxylation sites is 1. The van der Waals surface area contributed by atoms with Crippen LogP contribution in [0.15, 0.2) is 24.3 Å². The fraction of sp³-hybridized carbons (Fsp3) is 0.714. The molecule has 0 spiro atoms. The molecule has 1 aromatic carbocycles. The van der Waals surface area contributed by atoms with Gasteiger partial charge < -0.3 is 19.9 Å². The molecule has 1 N–H and O–H groups in total. The van der Waals surface area contributed by atoms with Gasteiger partial charge in [-0.3, -0.25) is 0 Å². The molecule has 25 heavy (non-hydrogen) atoms. The van der Waals surface area contributed by atoms with Crippen molar-refractivity contribution in [3.63, 3.8) is 0 Å². The van der Waals surface area contributed by atoms with E-state index in [0.717, 1.165) is 38.1 Å². The minimum absolute atomic E-state index is 0.302. The molecule has 0 amide bonds. The van der Waals surface area contributed by atoms with Crippen LogP contribution in [0.2, 0.25) is 0 Å². The Morgan fingerprint density at radius 2 is 1.80 bits per heavy atom. The number of nitrogens with zero attached hydrogens (tertiary/aromatic N) is 2. The van der Waals surface area contributed by atoms with E-state index in [1.807, 2.05) is 0 Å². The van der Waals surface area contributed by atoms with Crippen molar-refractivity contribution in [3.05, 3.63) is 29.8 Å². The third-order valence-corrected chi connectivity index (χ3v) is 5.88. The van der Waals surface area contributed by atoms with E-state index in [0.29, 0.717) is 12.2 Å². The molecule has 3 fully saturated rings. The fourth-order valence-electron chi connectivity index (χ4n) is 4.55. The second kappa shape index (κ2) is 7.65. The third kappa shape index (κ3) is 4.36. The normalized spacial score (nSPS) is 30.8. The zero-order valence-electron chi connectivity index (χ0n) is 15.8. The molecule has 0 aromatic heterocycles. The van der Waals surface area contributed by atoms with Gasteiger partial charge in [-0.1, -0.05) is 18.2 Å². The quantitative estimate of drug-likeness (QED) is 0.860. The Bertz CT molecular complexity index is 564. The number of hydrogen-bond acceptors (Lipinski definition) is 4. The average molecular weight is 344 g/mol. The van der Waals surface area contributed by atoms with Gasteiger partial charge in [-0.05, 0) is 63.7 Å². The second-order valence-corrected chi connectivity index (χ2v) is 8.30. The fourth-order valence-corrected chi connectivity index (χ4v) is 4.55. The first-order valence-corrected chi connectivity index (χ1v) is 10.1. The van der Waals surface area contributed by atoms with Crippen LogP contribution < -0.4 is 10.2 Å². The van der Waals surface area contributed by atoms with Crippen molar-refractivity contribution >= 4 is 5.69 Å². The zero-order valence-corrected chi connectivity index (χ0v) is 15.8. The van der Waals surface area contributed by atoms with Gasteiger partial charge in [0.15, 0.2) is 0 Å². The lowest BCUT2D eigenvalue weighted by Gasteiger charge is -2.37. The average Bonchev–Trinajstić information content (AvgIpc) is 3.34. The minimum atomic E-state index is 0.302.